The van der Waals surface area contributed by atoms with E-state index in [1.807, 2.05) is 0 Å². The van der Waals surface area contributed by atoms with Crippen LogP contribution in [0.1, 0.15) is 13.3 Å². The Morgan fingerprint density at radius 1 is 1.50 bits per heavy atom. The highest BCUT2D eigenvalue weighted by Gasteiger charge is 2.35. The lowest BCUT2D eigenvalue weighted by molar-refractivity contribution is -0.132. The molecule has 5 heteroatoms. The quantitative estimate of drug-likeness (QED) is 0.684. The molecule has 5 nitrogen and oxygen atoms in total. The van der Waals surface area contributed by atoms with Crippen LogP contribution in [-0.4, -0.2) is 51.0 Å². The van der Waals surface area contributed by atoms with E-state index in [0.29, 0.717) is 12.5 Å². The average Bonchev–Trinajstić information content (AvgIpc) is 2.86. The van der Waals surface area contributed by atoms with Crippen molar-refractivity contribution >= 4 is 5.91 Å². The molecule has 4 atom stereocenters. The Morgan fingerprint density at radius 2 is 2.31 bits per heavy atom. The fourth-order valence-electron chi connectivity index (χ4n) is 2.34. The Labute approximate surface area is 95.9 Å². The van der Waals surface area contributed by atoms with Gasteiger partial charge in [0.25, 0.3) is 0 Å². The smallest absolute Gasteiger partial charge is 0.249 e. The van der Waals surface area contributed by atoms with Crippen molar-refractivity contribution in [3.8, 4) is 0 Å². The lowest BCUT2D eigenvalue weighted by Gasteiger charge is -2.21. The first kappa shape index (κ1) is 11.8. The highest BCUT2D eigenvalue weighted by molar-refractivity contribution is 5.81. The van der Waals surface area contributed by atoms with Crippen LogP contribution in [0.25, 0.3) is 0 Å². The van der Waals surface area contributed by atoms with E-state index in [-0.39, 0.29) is 24.2 Å². The summed E-state index contributed by atoms with van der Waals surface area (Å²) in [6, 6.07) is 0.0638. The Hall–Kier alpha value is -0.650. The zero-order valence-electron chi connectivity index (χ0n) is 9.86. The number of hydrogen-bond donors (Lipinski definition) is 2. The molecule has 1 amide bonds. The molecule has 0 radical (unpaired) electrons. The molecule has 2 N–H and O–H groups in total. The lowest BCUT2D eigenvalue weighted by Crippen LogP contribution is -2.48. The first-order valence-corrected chi connectivity index (χ1v) is 5.88. The van der Waals surface area contributed by atoms with E-state index >= 15 is 0 Å². The van der Waals surface area contributed by atoms with Crippen LogP contribution < -0.4 is 10.6 Å². The Morgan fingerprint density at radius 3 is 2.94 bits per heavy atom. The Balaban J connectivity index is 1.86. The van der Waals surface area contributed by atoms with Gasteiger partial charge in [-0.1, -0.05) is 6.92 Å². The zero-order chi connectivity index (χ0) is 11.5. The number of hydrogen-bond acceptors (Lipinski definition) is 4. The summed E-state index contributed by atoms with van der Waals surface area (Å²) >= 11 is 0. The van der Waals surface area contributed by atoms with Crippen molar-refractivity contribution in [3.05, 3.63) is 0 Å². The van der Waals surface area contributed by atoms with Gasteiger partial charge in [-0.05, 0) is 12.3 Å². The van der Waals surface area contributed by atoms with E-state index in [9.17, 15) is 4.79 Å². The van der Waals surface area contributed by atoms with Crippen molar-refractivity contribution in [3.63, 3.8) is 0 Å². The molecule has 2 aliphatic rings. The maximum atomic E-state index is 12.0. The fourth-order valence-corrected chi connectivity index (χ4v) is 2.34. The second-order valence-electron chi connectivity index (χ2n) is 4.60. The minimum Gasteiger partial charge on any atom is -0.378 e. The average molecular weight is 228 g/mol. The fraction of sp³-hybridized carbons (Fsp3) is 0.909. The van der Waals surface area contributed by atoms with E-state index < -0.39 is 0 Å². The first-order chi connectivity index (χ1) is 7.72. The molecule has 0 aliphatic carbocycles. The molecule has 0 aromatic rings. The number of carbonyl (C=O) groups excluding carboxylic acids is 1. The minimum atomic E-state index is -0.280. The Bertz CT molecular complexity index is 260. The van der Waals surface area contributed by atoms with Gasteiger partial charge in [0.05, 0.1) is 12.1 Å². The van der Waals surface area contributed by atoms with Crippen molar-refractivity contribution in [1.29, 1.82) is 0 Å². The number of amides is 1. The molecule has 0 spiro atoms. The largest absolute Gasteiger partial charge is 0.378 e. The van der Waals surface area contributed by atoms with Gasteiger partial charge in [-0.25, -0.2) is 0 Å². The summed E-state index contributed by atoms with van der Waals surface area (Å²) < 4.78 is 10.7. The van der Waals surface area contributed by atoms with Crippen LogP contribution >= 0.6 is 0 Å². The van der Waals surface area contributed by atoms with Crippen LogP contribution in [0.15, 0.2) is 0 Å². The summed E-state index contributed by atoms with van der Waals surface area (Å²) in [5, 5.41) is 6.20. The predicted molar refractivity (Wildman–Crippen MR) is 59.1 cm³/mol. The lowest BCUT2D eigenvalue weighted by atomic mass is 10.0. The molecule has 0 aromatic heterocycles. The Kier molecular flexibility index (Phi) is 3.78. The third kappa shape index (κ3) is 2.36. The molecule has 0 saturated carbocycles. The summed E-state index contributed by atoms with van der Waals surface area (Å²) in [6.07, 6.45) is 0.757. The molecule has 2 fully saturated rings. The van der Waals surface area contributed by atoms with E-state index in [4.69, 9.17) is 9.47 Å². The van der Waals surface area contributed by atoms with E-state index in [0.717, 1.165) is 19.5 Å². The number of carbonyl (C=O) groups is 1. The third-order valence-electron chi connectivity index (χ3n) is 3.43. The summed E-state index contributed by atoms with van der Waals surface area (Å²) in [5.41, 5.74) is 0. The standard InChI is InChI=1S/C11H20N2O3/c1-7-3-4-16-10(7)11(14)13-8-5-12-6-9(8)15-2/h7-10,12H,3-6H2,1-2H3,(H,13,14)/t7?,8?,9-,10?/m0/s1. The van der Waals surface area contributed by atoms with Gasteiger partial charge in [-0.2, -0.15) is 0 Å². The van der Waals surface area contributed by atoms with Crippen molar-refractivity contribution in [2.75, 3.05) is 26.8 Å². The summed E-state index contributed by atoms with van der Waals surface area (Å²) in [6.45, 7) is 4.31. The van der Waals surface area contributed by atoms with Crippen molar-refractivity contribution in [2.45, 2.75) is 31.6 Å². The molecule has 0 aromatic carbocycles. The molecule has 0 bridgehead atoms. The van der Waals surface area contributed by atoms with Gasteiger partial charge in [0.1, 0.15) is 6.10 Å². The van der Waals surface area contributed by atoms with Crippen LogP contribution in [0.2, 0.25) is 0 Å². The molecular formula is C11H20N2O3. The number of ether oxygens (including phenoxy) is 2. The second-order valence-corrected chi connectivity index (χ2v) is 4.60. The molecule has 3 unspecified atom stereocenters. The molecular weight excluding hydrogens is 208 g/mol. The van der Waals surface area contributed by atoms with Crippen molar-refractivity contribution < 1.29 is 14.3 Å². The maximum Gasteiger partial charge on any atom is 0.249 e. The molecule has 2 heterocycles. The minimum absolute atomic E-state index is 0.000694. The monoisotopic (exact) mass is 228 g/mol. The molecule has 16 heavy (non-hydrogen) atoms. The van der Waals surface area contributed by atoms with Crippen molar-refractivity contribution in [2.24, 2.45) is 5.92 Å². The highest BCUT2D eigenvalue weighted by Crippen LogP contribution is 2.20. The van der Waals surface area contributed by atoms with Crippen molar-refractivity contribution in [1.82, 2.24) is 10.6 Å². The topological polar surface area (TPSA) is 59.6 Å². The molecule has 2 rings (SSSR count). The van der Waals surface area contributed by atoms with Gasteiger partial charge in [0.2, 0.25) is 5.91 Å². The van der Waals surface area contributed by atoms with Crippen LogP contribution in [0, 0.1) is 5.92 Å². The van der Waals surface area contributed by atoms with Gasteiger partial charge >= 0.3 is 0 Å². The van der Waals surface area contributed by atoms with Crippen LogP contribution in [0.3, 0.4) is 0 Å². The summed E-state index contributed by atoms with van der Waals surface area (Å²) in [4.78, 5) is 12.0. The first-order valence-electron chi connectivity index (χ1n) is 5.88. The maximum absolute atomic E-state index is 12.0. The SMILES string of the molecule is CO[C@H]1CNCC1NC(=O)C1OCCC1C. The number of nitrogens with one attached hydrogen (secondary N) is 2. The van der Waals surface area contributed by atoms with E-state index in [1.165, 1.54) is 0 Å². The normalized spacial score (nSPS) is 38.9. The van der Waals surface area contributed by atoms with Gasteiger partial charge in [0, 0.05) is 26.8 Å². The summed E-state index contributed by atoms with van der Waals surface area (Å²) in [5.74, 6) is 0.316. The molecule has 2 aliphatic heterocycles. The molecule has 2 saturated heterocycles. The predicted octanol–water partition coefficient (Wildman–Crippen LogP) is -0.486. The number of methoxy groups -OCH3 is 1. The van der Waals surface area contributed by atoms with Gasteiger partial charge in [-0.3, -0.25) is 4.79 Å². The van der Waals surface area contributed by atoms with Gasteiger partial charge < -0.3 is 20.1 Å². The van der Waals surface area contributed by atoms with E-state index in [2.05, 4.69) is 17.6 Å². The molecule has 92 valence electrons. The number of rotatable bonds is 3. The zero-order valence-corrected chi connectivity index (χ0v) is 9.86. The van der Waals surface area contributed by atoms with Gasteiger partial charge in [-0.15, -0.1) is 0 Å². The van der Waals surface area contributed by atoms with Gasteiger partial charge in [0.15, 0.2) is 0 Å². The third-order valence-corrected chi connectivity index (χ3v) is 3.43. The van der Waals surface area contributed by atoms with Crippen LogP contribution in [0.5, 0.6) is 0 Å². The van der Waals surface area contributed by atoms with Crippen LogP contribution in [0.4, 0.5) is 0 Å². The highest BCUT2D eigenvalue weighted by atomic mass is 16.5. The van der Waals surface area contributed by atoms with Crippen LogP contribution in [-0.2, 0) is 14.3 Å². The summed E-state index contributed by atoms with van der Waals surface area (Å²) in [7, 11) is 1.67. The second kappa shape index (κ2) is 5.12. The van der Waals surface area contributed by atoms with E-state index in [1.54, 1.807) is 7.11 Å².